The molecule has 7 heteroatoms. The topological polar surface area (TPSA) is 89.5 Å². The van der Waals surface area contributed by atoms with E-state index in [9.17, 15) is 18.0 Å². The van der Waals surface area contributed by atoms with Gasteiger partial charge in [-0.25, -0.2) is 13.1 Å². The summed E-state index contributed by atoms with van der Waals surface area (Å²) < 4.78 is 31.0. The summed E-state index contributed by atoms with van der Waals surface area (Å²) in [5, 5.41) is 0.972. The van der Waals surface area contributed by atoms with Crippen molar-refractivity contribution in [3.63, 3.8) is 0 Å². The van der Waals surface area contributed by atoms with Crippen molar-refractivity contribution in [3.8, 4) is 0 Å². The van der Waals surface area contributed by atoms with Crippen LogP contribution in [0, 0.1) is 0 Å². The summed E-state index contributed by atoms with van der Waals surface area (Å²) in [6.45, 7) is 2.91. The highest BCUT2D eigenvalue weighted by Crippen LogP contribution is 2.10. The molecular weight excluding hydrogens is 378 g/mol. The number of aryl methyl sites for hydroxylation is 1. The van der Waals surface area contributed by atoms with Gasteiger partial charge >= 0.3 is 5.97 Å². The standard InChI is InChI=1S/C21H23NO5S/c1-3-17-9-11-19(12-10-17)21(24)16(2)27-20(23)15-22-28(25,26)14-13-18-7-5-4-6-8-18/h4-14,16,22H,3,15H2,1-2H3/b14-13+/t16-/m1/s1. The van der Waals surface area contributed by atoms with Crippen LogP contribution in [-0.4, -0.2) is 32.8 Å². The Bertz CT molecular complexity index is 935. The van der Waals surface area contributed by atoms with Gasteiger partial charge in [-0.3, -0.25) is 9.59 Å². The maximum absolute atomic E-state index is 12.3. The largest absolute Gasteiger partial charge is 0.453 e. The Morgan fingerprint density at radius 2 is 1.71 bits per heavy atom. The summed E-state index contributed by atoms with van der Waals surface area (Å²) in [5.41, 5.74) is 2.24. The Morgan fingerprint density at radius 3 is 2.32 bits per heavy atom. The van der Waals surface area contributed by atoms with Crippen LogP contribution >= 0.6 is 0 Å². The highest BCUT2D eigenvalue weighted by Gasteiger charge is 2.20. The molecule has 28 heavy (non-hydrogen) atoms. The zero-order valence-corrected chi connectivity index (χ0v) is 16.6. The van der Waals surface area contributed by atoms with E-state index in [1.54, 1.807) is 36.4 Å². The van der Waals surface area contributed by atoms with E-state index in [-0.39, 0.29) is 5.78 Å². The Labute approximate surface area is 165 Å². The van der Waals surface area contributed by atoms with Crippen LogP contribution in [0.15, 0.2) is 60.0 Å². The fourth-order valence-electron chi connectivity index (χ4n) is 2.37. The molecule has 0 bridgehead atoms. The highest BCUT2D eigenvalue weighted by atomic mass is 32.2. The summed E-state index contributed by atoms with van der Waals surface area (Å²) in [7, 11) is -3.81. The third-order valence-corrected chi connectivity index (χ3v) is 5.02. The molecule has 2 aromatic rings. The van der Waals surface area contributed by atoms with Gasteiger partial charge in [0, 0.05) is 11.0 Å². The van der Waals surface area contributed by atoms with Crippen molar-refractivity contribution in [1.29, 1.82) is 0 Å². The van der Waals surface area contributed by atoms with Crippen LogP contribution in [0.4, 0.5) is 0 Å². The first-order chi connectivity index (χ1) is 13.3. The molecule has 0 aromatic heterocycles. The number of esters is 1. The van der Waals surface area contributed by atoms with E-state index in [2.05, 4.69) is 4.72 Å². The second kappa shape index (κ2) is 9.96. The van der Waals surface area contributed by atoms with Crippen LogP contribution in [0.5, 0.6) is 0 Å². The molecule has 0 heterocycles. The van der Waals surface area contributed by atoms with Crippen LogP contribution in [0.2, 0.25) is 0 Å². The number of ether oxygens (including phenoxy) is 1. The second-order valence-corrected chi connectivity index (χ2v) is 7.78. The number of sulfonamides is 1. The summed E-state index contributed by atoms with van der Waals surface area (Å²) in [5.74, 6) is -1.18. The van der Waals surface area contributed by atoms with E-state index in [4.69, 9.17) is 4.74 Å². The van der Waals surface area contributed by atoms with Gasteiger partial charge in [0.15, 0.2) is 6.10 Å². The first-order valence-corrected chi connectivity index (χ1v) is 10.4. The van der Waals surface area contributed by atoms with E-state index in [0.29, 0.717) is 11.1 Å². The third-order valence-electron chi connectivity index (χ3n) is 3.98. The fraction of sp³-hybridized carbons (Fsp3) is 0.238. The van der Waals surface area contributed by atoms with Crippen molar-refractivity contribution in [2.75, 3.05) is 6.54 Å². The number of nitrogens with one attached hydrogen (secondary N) is 1. The Balaban J connectivity index is 1.86. The zero-order valence-electron chi connectivity index (χ0n) is 15.8. The normalized spacial score (nSPS) is 12.6. The molecule has 0 fully saturated rings. The maximum Gasteiger partial charge on any atom is 0.321 e. The lowest BCUT2D eigenvalue weighted by atomic mass is 10.0. The minimum atomic E-state index is -3.81. The summed E-state index contributed by atoms with van der Waals surface area (Å²) in [6.07, 6.45) is 1.27. The van der Waals surface area contributed by atoms with Crippen LogP contribution in [0.25, 0.3) is 6.08 Å². The minimum Gasteiger partial charge on any atom is -0.453 e. The molecule has 1 N–H and O–H groups in total. The first kappa shape index (κ1) is 21.5. The Morgan fingerprint density at radius 1 is 1.07 bits per heavy atom. The van der Waals surface area contributed by atoms with Crippen molar-refractivity contribution >= 4 is 27.9 Å². The van der Waals surface area contributed by atoms with Gasteiger partial charge in [-0.1, -0.05) is 61.5 Å². The lowest BCUT2D eigenvalue weighted by molar-refractivity contribution is -0.144. The lowest BCUT2D eigenvalue weighted by Gasteiger charge is -2.12. The van der Waals surface area contributed by atoms with Gasteiger partial charge in [-0.05, 0) is 30.5 Å². The lowest BCUT2D eigenvalue weighted by Crippen LogP contribution is -2.33. The van der Waals surface area contributed by atoms with Crippen LogP contribution < -0.4 is 4.72 Å². The predicted molar refractivity (Wildman–Crippen MR) is 108 cm³/mol. The summed E-state index contributed by atoms with van der Waals surface area (Å²) >= 11 is 0. The van der Waals surface area contributed by atoms with Gasteiger partial charge in [-0.15, -0.1) is 0 Å². The molecule has 0 amide bonds. The van der Waals surface area contributed by atoms with Crippen LogP contribution in [0.3, 0.4) is 0 Å². The number of rotatable bonds is 9. The maximum atomic E-state index is 12.3. The molecule has 6 nitrogen and oxygen atoms in total. The second-order valence-electron chi connectivity index (χ2n) is 6.13. The first-order valence-electron chi connectivity index (χ1n) is 8.86. The smallest absolute Gasteiger partial charge is 0.321 e. The molecule has 0 unspecified atom stereocenters. The number of benzene rings is 2. The number of hydrogen-bond acceptors (Lipinski definition) is 5. The molecule has 0 saturated heterocycles. The average molecular weight is 401 g/mol. The van der Waals surface area contributed by atoms with E-state index in [1.807, 2.05) is 25.1 Å². The van der Waals surface area contributed by atoms with Crippen molar-refractivity contribution in [1.82, 2.24) is 4.72 Å². The van der Waals surface area contributed by atoms with Gasteiger partial charge in [0.1, 0.15) is 6.54 Å². The SMILES string of the molecule is CCc1ccc(C(=O)[C@@H](C)OC(=O)CNS(=O)(=O)/C=C/c2ccccc2)cc1. The van der Waals surface area contributed by atoms with Crippen molar-refractivity contribution in [2.45, 2.75) is 26.4 Å². The van der Waals surface area contributed by atoms with E-state index in [1.165, 1.54) is 13.0 Å². The fourth-order valence-corrected chi connectivity index (χ4v) is 3.12. The molecule has 0 saturated carbocycles. The zero-order chi connectivity index (χ0) is 20.6. The molecule has 0 radical (unpaired) electrons. The molecule has 2 rings (SSSR count). The number of carbonyl (C=O) groups excluding carboxylic acids is 2. The number of Topliss-reactive ketones (excluding diaryl/α,β-unsaturated/α-hetero) is 1. The van der Waals surface area contributed by atoms with Crippen molar-refractivity contribution in [2.24, 2.45) is 0 Å². The van der Waals surface area contributed by atoms with Gasteiger partial charge in [0.05, 0.1) is 0 Å². The number of hydrogen-bond donors (Lipinski definition) is 1. The molecule has 0 aliphatic carbocycles. The summed E-state index contributed by atoms with van der Waals surface area (Å²) in [4.78, 5) is 24.2. The quantitative estimate of drug-likeness (QED) is 0.515. The van der Waals surface area contributed by atoms with Crippen molar-refractivity contribution < 1.29 is 22.7 Å². The van der Waals surface area contributed by atoms with E-state index >= 15 is 0 Å². The van der Waals surface area contributed by atoms with Gasteiger partial charge < -0.3 is 4.74 Å². The Hall–Kier alpha value is -2.77. The van der Waals surface area contributed by atoms with Gasteiger partial charge in [0.2, 0.25) is 15.8 Å². The van der Waals surface area contributed by atoms with Crippen LogP contribution in [-0.2, 0) is 26.0 Å². The van der Waals surface area contributed by atoms with Crippen LogP contribution in [0.1, 0.15) is 35.3 Å². The molecule has 148 valence electrons. The molecule has 0 aliphatic heterocycles. The molecular formula is C21H23NO5S. The van der Waals surface area contributed by atoms with E-state index < -0.39 is 28.6 Å². The minimum absolute atomic E-state index is 0.345. The molecule has 2 aromatic carbocycles. The van der Waals surface area contributed by atoms with Crippen molar-refractivity contribution in [3.05, 3.63) is 76.7 Å². The van der Waals surface area contributed by atoms with E-state index in [0.717, 1.165) is 17.4 Å². The molecule has 1 atom stereocenters. The Kier molecular flexibility index (Phi) is 7.66. The third kappa shape index (κ3) is 6.75. The van der Waals surface area contributed by atoms with Gasteiger partial charge in [-0.2, -0.15) is 0 Å². The predicted octanol–water partition coefficient (Wildman–Crippen LogP) is 2.95. The molecule has 0 aliphatic rings. The molecule has 0 spiro atoms. The number of carbonyl (C=O) groups is 2. The number of ketones is 1. The summed E-state index contributed by atoms with van der Waals surface area (Å²) in [6, 6.07) is 15.9. The average Bonchev–Trinajstić information content (AvgIpc) is 2.71. The monoisotopic (exact) mass is 401 g/mol. The highest BCUT2D eigenvalue weighted by molar-refractivity contribution is 7.92. The van der Waals surface area contributed by atoms with Gasteiger partial charge in [0.25, 0.3) is 0 Å².